The molecular weight excluding hydrogens is 374 g/mol. The fraction of sp³-hybridized carbons (Fsp3) is 0.250. The molecule has 4 aromatic rings. The normalized spacial score (nSPS) is 11.6. The van der Waals surface area contributed by atoms with Gasteiger partial charge in [-0.1, -0.05) is 44.5 Å². The summed E-state index contributed by atoms with van der Waals surface area (Å²) in [5.41, 5.74) is 5.54. The van der Waals surface area contributed by atoms with Gasteiger partial charge in [-0.2, -0.15) is 5.10 Å². The van der Waals surface area contributed by atoms with Crippen molar-refractivity contribution in [3.05, 3.63) is 66.5 Å². The van der Waals surface area contributed by atoms with Crippen LogP contribution in [0, 0.1) is 12.3 Å². The maximum atomic E-state index is 11.8. The van der Waals surface area contributed by atoms with Crippen molar-refractivity contribution < 1.29 is 4.79 Å². The summed E-state index contributed by atoms with van der Waals surface area (Å²) in [5.74, 6) is 0.610. The molecule has 1 aromatic carbocycles. The molecule has 0 aliphatic rings. The van der Waals surface area contributed by atoms with Crippen molar-refractivity contribution in [3.63, 3.8) is 0 Å². The second-order valence-electron chi connectivity index (χ2n) is 8.67. The van der Waals surface area contributed by atoms with E-state index in [9.17, 15) is 4.79 Å². The number of anilines is 1. The minimum atomic E-state index is -0.0455. The zero-order chi connectivity index (χ0) is 21.3. The van der Waals surface area contributed by atoms with E-state index >= 15 is 0 Å². The van der Waals surface area contributed by atoms with Crippen molar-refractivity contribution in [2.45, 2.75) is 27.7 Å². The van der Waals surface area contributed by atoms with E-state index in [4.69, 9.17) is 4.98 Å². The minimum absolute atomic E-state index is 0.0455. The average molecular weight is 399 g/mol. The lowest BCUT2D eigenvalue weighted by atomic mass is 9.96. The molecule has 4 rings (SSSR count). The number of carbonyl (C=O) groups is 1. The zero-order valence-electron chi connectivity index (χ0n) is 17.7. The molecule has 0 aliphatic heterocycles. The highest BCUT2D eigenvalue weighted by atomic mass is 16.1. The first kappa shape index (κ1) is 19.8. The maximum Gasteiger partial charge on any atom is 0.215 e. The van der Waals surface area contributed by atoms with E-state index in [1.807, 2.05) is 34.8 Å². The third-order valence-corrected chi connectivity index (χ3v) is 4.77. The van der Waals surface area contributed by atoms with E-state index in [1.54, 1.807) is 17.3 Å². The summed E-state index contributed by atoms with van der Waals surface area (Å²) in [6, 6.07) is 15.9. The van der Waals surface area contributed by atoms with Crippen LogP contribution in [0.25, 0.3) is 28.2 Å². The van der Waals surface area contributed by atoms with Gasteiger partial charge in [-0.3, -0.25) is 9.69 Å². The summed E-state index contributed by atoms with van der Waals surface area (Å²) in [5, 5.41) is 4.53. The van der Waals surface area contributed by atoms with E-state index in [0.29, 0.717) is 12.4 Å². The lowest BCUT2D eigenvalue weighted by Crippen LogP contribution is -2.32. The van der Waals surface area contributed by atoms with Crippen LogP contribution in [-0.2, 0) is 4.79 Å². The predicted molar refractivity (Wildman–Crippen MR) is 119 cm³/mol. The number of amides is 1. The van der Waals surface area contributed by atoms with Gasteiger partial charge < -0.3 is 0 Å². The lowest BCUT2D eigenvalue weighted by Gasteiger charge is -2.26. The summed E-state index contributed by atoms with van der Waals surface area (Å²) in [6.45, 7) is 8.92. The fourth-order valence-electron chi connectivity index (χ4n) is 3.55. The van der Waals surface area contributed by atoms with Crippen molar-refractivity contribution in [1.82, 2.24) is 19.6 Å². The molecule has 0 bridgehead atoms. The van der Waals surface area contributed by atoms with Crippen molar-refractivity contribution >= 4 is 17.9 Å². The molecule has 0 aliphatic carbocycles. The Kier molecular flexibility index (Phi) is 5.08. The van der Waals surface area contributed by atoms with Crippen molar-refractivity contribution in [2.24, 2.45) is 5.41 Å². The number of hydrogen-bond donors (Lipinski definition) is 0. The molecule has 6 heteroatoms. The Bertz CT molecular complexity index is 1210. The van der Waals surface area contributed by atoms with E-state index in [0.717, 1.165) is 40.1 Å². The van der Waals surface area contributed by atoms with Crippen LogP contribution in [0.1, 0.15) is 26.3 Å². The molecule has 0 unspecified atom stereocenters. The number of carbonyl (C=O) groups excluding carboxylic acids is 1. The number of hydrogen-bond acceptors (Lipinski definition) is 4. The summed E-state index contributed by atoms with van der Waals surface area (Å²) >= 11 is 0. The Balaban J connectivity index is 1.89. The molecule has 3 heterocycles. The molecule has 0 atom stereocenters. The fourth-order valence-corrected chi connectivity index (χ4v) is 3.55. The van der Waals surface area contributed by atoms with Gasteiger partial charge in [0.25, 0.3) is 0 Å². The second kappa shape index (κ2) is 7.71. The molecule has 1 amide bonds. The smallest absolute Gasteiger partial charge is 0.215 e. The predicted octanol–water partition coefficient (Wildman–Crippen LogP) is 4.78. The molecule has 0 saturated carbocycles. The summed E-state index contributed by atoms with van der Waals surface area (Å²) in [7, 11) is 0. The number of rotatable bonds is 5. The van der Waals surface area contributed by atoms with Gasteiger partial charge >= 0.3 is 0 Å². The number of fused-ring (bicyclic) bond motifs is 1. The number of imidazole rings is 1. The Morgan fingerprint density at radius 3 is 2.60 bits per heavy atom. The van der Waals surface area contributed by atoms with E-state index in [1.165, 1.54) is 0 Å². The highest BCUT2D eigenvalue weighted by Gasteiger charge is 2.21. The summed E-state index contributed by atoms with van der Waals surface area (Å²) in [6.07, 6.45) is 4.31. The Morgan fingerprint density at radius 2 is 1.87 bits per heavy atom. The quantitative estimate of drug-likeness (QED) is 0.453. The largest absolute Gasteiger partial charge is 0.299 e. The number of nitrogens with zero attached hydrogens (tertiary/aromatic N) is 5. The topological polar surface area (TPSA) is 63.4 Å². The molecule has 0 N–H and O–H groups in total. The van der Waals surface area contributed by atoms with Gasteiger partial charge in [0.15, 0.2) is 5.65 Å². The molecule has 30 heavy (non-hydrogen) atoms. The molecule has 0 fully saturated rings. The first-order valence-electron chi connectivity index (χ1n) is 9.95. The second-order valence-corrected chi connectivity index (χ2v) is 8.67. The van der Waals surface area contributed by atoms with Crippen molar-refractivity contribution in [3.8, 4) is 22.5 Å². The van der Waals surface area contributed by atoms with Gasteiger partial charge in [0.05, 0.1) is 5.69 Å². The Hall–Kier alpha value is -3.54. The number of benzene rings is 1. The molecule has 0 spiro atoms. The van der Waals surface area contributed by atoms with Crippen LogP contribution in [0.2, 0.25) is 0 Å². The van der Waals surface area contributed by atoms with Crippen molar-refractivity contribution in [2.75, 3.05) is 11.4 Å². The first-order chi connectivity index (χ1) is 14.4. The standard InChI is InChI=1S/C24H25N5O/c1-17-7-5-8-18(13-17)22-23(29-20(27-22)9-6-11-26-29)19-10-12-25-21(14-19)28(16-30)15-24(2,3)4/h5-14,16H,15H2,1-4H3. The number of aryl methyl sites for hydroxylation is 1. The van der Waals surface area contributed by atoms with Crippen LogP contribution in [0.5, 0.6) is 0 Å². The summed E-state index contributed by atoms with van der Waals surface area (Å²) < 4.78 is 1.84. The van der Waals surface area contributed by atoms with Crippen molar-refractivity contribution in [1.29, 1.82) is 0 Å². The third kappa shape index (κ3) is 3.94. The van der Waals surface area contributed by atoms with Gasteiger partial charge in [-0.05, 0) is 42.7 Å². The lowest BCUT2D eigenvalue weighted by molar-refractivity contribution is -0.107. The Morgan fingerprint density at radius 1 is 1.03 bits per heavy atom. The van der Waals surface area contributed by atoms with Crippen LogP contribution in [0.15, 0.2) is 60.9 Å². The van der Waals surface area contributed by atoms with Crippen LogP contribution in [0.3, 0.4) is 0 Å². The van der Waals surface area contributed by atoms with Crippen LogP contribution in [-0.4, -0.2) is 32.5 Å². The highest BCUT2D eigenvalue weighted by Crippen LogP contribution is 2.34. The van der Waals surface area contributed by atoms with Gasteiger partial charge in [-0.15, -0.1) is 0 Å². The van der Waals surface area contributed by atoms with Gasteiger partial charge in [0.1, 0.15) is 11.5 Å². The summed E-state index contributed by atoms with van der Waals surface area (Å²) in [4.78, 5) is 22.7. The van der Waals surface area contributed by atoms with Gasteiger partial charge in [0.2, 0.25) is 6.41 Å². The monoisotopic (exact) mass is 399 g/mol. The molecule has 3 aromatic heterocycles. The van der Waals surface area contributed by atoms with Gasteiger partial charge in [-0.25, -0.2) is 14.5 Å². The first-order valence-corrected chi connectivity index (χ1v) is 9.95. The molecule has 6 nitrogen and oxygen atoms in total. The molecule has 152 valence electrons. The Labute approximate surface area is 176 Å². The maximum absolute atomic E-state index is 11.8. The molecule has 0 saturated heterocycles. The number of aromatic nitrogens is 4. The molecular formula is C24H25N5O. The van der Waals surface area contributed by atoms with Crippen LogP contribution >= 0.6 is 0 Å². The van der Waals surface area contributed by atoms with Crippen LogP contribution in [0.4, 0.5) is 5.82 Å². The van der Waals surface area contributed by atoms with E-state index in [2.05, 4.69) is 56.0 Å². The minimum Gasteiger partial charge on any atom is -0.299 e. The SMILES string of the molecule is Cc1cccc(-c2nc3cccnn3c2-c2ccnc(N(C=O)CC(C)(C)C)c2)c1. The zero-order valence-corrected chi connectivity index (χ0v) is 17.7. The van der Waals surface area contributed by atoms with Crippen LogP contribution < -0.4 is 4.90 Å². The van der Waals surface area contributed by atoms with Gasteiger partial charge in [0, 0.05) is 30.1 Å². The van der Waals surface area contributed by atoms with E-state index < -0.39 is 0 Å². The number of pyridine rings is 1. The van der Waals surface area contributed by atoms with E-state index in [-0.39, 0.29) is 5.41 Å². The third-order valence-electron chi connectivity index (χ3n) is 4.77. The average Bonchev–Trinajstić information content (AvgIpc) is 3.11. The molecule has 0 radical (unpaired) electrons. The highest BCUT2D eigenvalue weighted by molar-refractivity contribution is 5.84.